The van der Waals surface area contributed by atoms with Crippen LogP contribution in [0.15, 0.2) is 30.3 Å². The largest absolute Gasteiger partial charge is 0.388 e. The van der Waals surface area contributed by atoms with Gasteiger partial charge in [-0.3, -0.25) is 0 Å². The molecule has 0 heterocycles. The lowest BCUT2D eigenvalue weighted by Gasteiger charge is -2.35. The van der Waals surface area contributed by atoms with Gasteiger partial charge >= 0.3 is 0 Å². The van der Waals surface area contributed by atoms with Crippen molar-refractivity contribution in [3.63, 3.8) is 0 Å². The van der Waals surface area contributed by atoms with Crippen LogP contribution < -0.4 is 5.19 Å². The highest BCUT2D eigenvalue weighted by Crippen LogP contribution is 2.35. The van der Waals surface area contributed by atoms with Crippen molar-refractivity contribution in [1.82, 2.24) is 0 Å². The van der Waals surface area contributed by atoms with Gasteiger partial charge in [0.15, 0.2) is 0 Å². The van der Waals surface area contributed by atoms with Gasteiger partial charge in [-0.1, -0.05) is 274 Å². The molecule has 0 aliphatic heterocycles. The first-order chi connectivity index (χ1) is 37.3. The van der Waals surface area contributed by atoms with Gasteiger partial charge in [0.2, 0.25) is 0 Å². The first-order valence-corrected chi connectivity index (χ1v) is 62.3. The van der Waals surface area contributed by atoms with Crippen LogP contribution >= 0.6 is 0 Å². The fraction of sp³-hybridized carbons (Fsp3) is 0.908. The van der Waals surface area contributed by atoms with E-state index < -0.39 is 72.7 Å². The molecule has 1 aromatic rings. The molecule has 9 nitrogen and oxygen atoms in total. The number of hydrogen-bond acceptors (Lipinski definition) is 9. The van der Waals surface area contributed by atoms with Crippen molar-refractivity contribution in [3.8, 4) is 0 Å². The Bertz CT molecular complexity index is 1510. The molecule has 0 aromatic heterocycles. The first-order valence-electron chi connectivity index (χ1n) is 31.9. The lowest BCUT2D eigenvalue weighted by molar-refractivity contribution is 0.121. The Morgan fingerprint density at radius 1 is 0.410 bits per heavy atom. The summed E-state index contributed by atoms with van der Waals surface area (Å²) in [6, 6.07) is 16.1. The normalized spacial score (nSPS) is 13.5. The van der Waals surface area contributed by atoms with Gasteiger partial charge in [-0.25, -0.2) is 0 Å². The van der Waals surface area contributed by atoms with Gasteiger partial charge in [0.25, 0.3) is 0 Å². The standard InChI is InChI=1S/C10H16OSi.3C8H20OSi.2C7H18OSi.2C6H16OSi.C5H14OSi/c1-11-9-12(2,3)10-7-5-4-6-8-10;1-8(2,3)10(5,6)7-9-4;1-7(2)8(9-3)10(4,5)6;1-5-10(6-2,7-3)8-9-4;1-7(2)9(4,5)6-8-3;1-6-7(8-2)9(3,4)5;1-6(7-2)8(3,4)5;1-5-8(3,4)6-7-2;1-6-5-7(2,3)4/h4-8H,9H2,1-3H3;7H2,1-6H3;7-8H,1-6H3;5-8H2,1-4H3;2*7H,6H2,1-5H3;6H,1-5H3;5-6H2,1-4H3;5H2,1-4H3. The molecule has 18 heteroatoms. The van der Waals surface area contributed by atoms with Crippen LogP contribution in [0.5, 0.6) is 0 Å². The fourth-order valence-electron chi connectivity index (χ4n) is 7.85. The third kappa shape index (κ3) is 58.9. The van der Waals surface area contributed by atoms with E-state index in [1.54, 1.807) is 42.7 Å². The van der Waals surface area contributed by atoms with Crippen LogP contribution in [0.4, 0.5) is 0 Å². The maximum atomic E-state index is 5.44. The summed E-state index contributed by atoms with van der Waals surface area (Å²) < 4.78 is 46.8. The van der Waals surface area contributed by atoms with Gasteiger partial charge in [0.1, 0.15) is 8.07 Å². The summed E-state index contributed by atoms with van der Waals surface area (Å²) >= 11 is 0. The Kier molecular flexibility index (Phi) is 62.0. The van der Waals surface area contributed by atoms with Gasteiger partial charge < -0.3 is 42.6 Å². The van der Waals surface area contributed by atoms with Crippen LogP contribution in [0, 0.1) is 5.92 Å². The average molecular weight is 1340 g/mol. The van der Waals surface area contributed by atoms with E-state index in [1.807, 2.05) is 21.3 Å². The number of methoxy groups -OCH3 is 9. The number of ether oxygens (including phenoxy) is 9. The van der Waals surface area contributed by atoms with E-state index in [0.29, 0.717) is 28.1 Å². The molecule has 83 heavy (non-hydrogen) atoms. The number of rotatable bonds is 26. The summed E-state index contributed by atoms with van der Waals surface area (Å²) in [4.78, 5) is 0. The molecule has 0 radical (unpaired) electrons. The Hall–Kier alpha value is 0.812. The quantitative estimate of drug-likeness (QED) is 0.0842. The van der Waals surface area contributed by atoms with E-state index in [-0.39, 0.29) is 0 Å². The topological polar surface area (TPSA) is 83.1 Å². The van der Waals surface area contributed by atoms with Crippen LogP contribution in [0.3, 0.4) is 0 Å². The highest BCUT2D eigenvalue weighted by Gasteiger charge is 2.35. The predicted octanol–water partition coefficient (Wildman–Crippen LogP) is 19.6. The summed E-state index contributed by atoms with van der Waals surface area (Å²) in [6.45, 7) is 76.1. The van der Waals surface area contributed by atoms with Gasteiger partial charge in [0, 0.05) is 119 Å². The smallest absolute Gasteiger partial charge is 0.109 e. The third-order valence-corrected chi connectivity index (χ3v) is 45.9. The third-order valence-electron chi connectivity index (χ3n) is 16.4. The van der Waals surface area contributed by atoms with Gasteiger partial charge in [-0.05, 0) is 29.8 Å². The van der Waals surface area contributed by atoms with Crippen LogP contribution in [-0.2, 0) is 42.6 Å². The first kappa shape index (κ1) is 100. The van der Waals surface area contributed by atoms with Gasteiger partial charge in [0.05, 0.1) is 64.6 Å². The molecule has 0 N–H and O–H groups in total. The van der Waals surface area contributed by atoms with Crippen molar-refractivity contribution in [3.05, 3.63) is 30.3 Å². The molecule has 1 aromatic carbocycles. The SMILES string of the molecule is CCC(OC)[Si](C)(C)C.CC[Si](C)(C)COC.CC[Si](CC)(CC)COC.COC(C(C)C)[Si](C)(C)C.COC(C)[Si](C)(C)C.COC[Si](C)(C)C.COC[Si](C)(C)C(C)(C)C.COC[Si](C)(C)C(C)C.COC[Si](C)(C)c1ccccc1. The second-order valence-electron chi connectivity index (χ2n) is 31.8. The molecule has 3 atom stereocenters. The van der Waals surface area contributed by atoms with Crippen LogP contribution in [-0.4, -0.2) is 191 Å². The molecule has 1 rings (SSSR count). The molecule has 508 valence electrons. The molecular formula is C65H158O9Si9. The van der Waals surface area contributed by atoms with Crippen molar-refractivity contribution >= 4 is 77.9 Å². The molecule has 0 bridgehead atoms. The van der Waals surface area contributed by atoms with E-state index in [0.717, 1.165) is 49.3 Å². The monoisotopic (exact) mass is 1330 g/mol. The molecule has 0 fully saturated rings. The number of benzene rings is 1. The Morgan fingerprint density at radius 3 is 0.916 bits per heavy atom. The van der Waals surface area contributed by atoms with Crippen molar-refractivity contribution in [2.45, 2.75) is 279 Å². The van der Waals surface area contributed by atoms with E-state index in [2.05, 4.69) is 251 Å². The molecule has 0 aliphatic rings. The van der Waals surface area contributed by atoms with E-state index in [1.165, 1.54) is 29.4 Å². The fourth-order valence-corrected chi connectivity index (χ4v) is 22.0. The van der Waals surface area contributed by atoms with Crippen molar-refractivity contribution < 1.29 is 42.6 Å². The molecule has 0 amide bonds. The molecule has 0 saturated heterocycles. The van der Waals surface area contributed by atoms with Crippen molar-refractivity contribution in [2.24, 2.45) is 5.92 Å². The maximum Gasteiger partial charge on any atom is 0.109 e. The van der Waals surface area contributed by atoms with Crippen molar-refractivity contribution in [2.75, 3.05) is 101 Å². The minimum atomic E-state index is -1.30. The molecule has 0 spiro atoms. The summed E-state index contributed by atoms with van der Waals surface area (Å²) in [5.41, 5.74) is 2.37. The van der Waals surface area contributed by atoms with Gasteiger partial charge in [-0.15, -0.1) is 0 Å². The maximum absolute atomic E-state index is 5.44. The van der Waals surface area contributed by atoms with Crippen LogP contribution in [0.1, 0.15) is 96.4 Å². The minimum Gasteiger partial charge on any atom is -0.388 e. The zero-order chi connectivity index (χ0) is 68.1. The van der Waals surface area contributed by atoms with Gasteiger partial charge in [-0.2, -0.15) is 0 Å². The number of hydrogen-bond donors (Lipinski definition) is 0. The average Bonchev–Trinajstić information content (AvgIpc) is 3.33. The molecular weight excluding hydrogens is 1180 g/mol. The van der Waals surface area contributed by atoms with Crippen LogP contribution in [0.25, 0.3) is 0 Å². The second kappa shape index (κ2) is 51.4. The Balaban J connectivity index is -0.000000128. The van der Waals surface area contributed by atoms with E-state index in [4.69, 9.17) is 42.6 Å². The highest BCUT2D eigenvalue weighted by atomic mass is 28.3. The highest BCUT2D eigenvalue weighted by molar-refractivity contribution is 6.89. The molecule has 0 saturated carbocycles. The Morgan fingerprint density at radius 2 is 0.795 bits per heavy atom. The summed E-state index contributed by atoms with van der Waals surface area (Å²) in [7, 11) is 6.92. The van der Waals surface area contributed by atoms with Crippen molar-refractivity contribution in [1.29, 1.82) is 0 Å². The zero-order valence-corrected chi connectivity index (χ0v) is 73.7. The predicted molar refractivity (Wildman–Crippen MR) is 406 cm³/mol. The lowest BCUT2D eigenvalue weighted by atomic mass is 10.2. The zero-order valence-electron chi connectivity index (χ0n) is 64.7. The summed E-state index contributed by atoms with van der Waals surface area (Å²) in [6.07, 6.45) is 7.05. The summed E-state index contributed by atoms with van der Waals surface area (Å²) in [5.74, 6) is 0.664. The summed E-state index contributed by atoms with van der Waals surface area (Å²) in [5, 5.41) is 1.93. The van der Waals surface area contributed by atoms with Crippen LogP contribution in [0.2, 0.25) is 166 Å². The lowest BCUT2D eigenvalue weighted by Crippen LogP contribution is -2.45. The van der Waals surface area contributed by atoms with E-state index >= 15 is 0 Å². The Labute approximate surface area is 533 Å². The van der Waals surface area contributed by atoms with E-state index in [9.17, 15) is 0 Å². The minimum absolute atomic E-state index is 0.461. The second-order valence-corrected chi connectivity index (χ2v) is 79.8. The molecule has 3 unspecified atom stereocenters. The molecule has 0 aliphatic carbocycles.